The number of primary amides is 1. The van der Waals surface area contributed by atoms with Gasteiger partial charge in [0.25, 0.3) is 11.8 Å². The third-order valence-electron chi connectivity index (χ3n) is 3.28. The van der Waals surface area contributed by atoms with Crippen LogP contribution >= 0.6 is 23.2 Å². The predicted octanol–water partition coefficient (Wildman–Crippen LogP) is 2.12. The molecule has 4 N–H and O–H groups in total. The largest absolute Gasteiger partial charge is 0.454 e. The van der Waals surface area contributed by atoms with Crippen LogP contribution in [0, 0.1) is 0 Å². The van der Waals surface area contributed by atoms with E-state index in [4.69, 9.17) is 33.4 Å². The van der Waals surface area contributed by atoms with Crippen LogP contribution in [-0.4, -0.2) is 23.8 Å². The number of carbonyl (C=O) groups excluding carboxylic acids is 3. The van der Waals surface area contributed by atoms with Crippen LogP contribution in [0.4, 0.5) is 0 Å². The van der Waals surface area contributed by atoms with Crippen molar-refractivity contribution in [1.82, 2.24) is 10.6 Å². The number of furan rings is 1. The number of hydrogen-bond donors (Lipinski definition) is 3. The third kappa shape index (κ3) is 4.74. The Morgan fingerprint density at radius 1 is 1.20 bits per heavy atom. The van der Waals surface area contributed by atoms with E-state index < -0.39 is 23.8 Å². The summed E-state index contributed by atoms with van der Waals surface area (Å²) in [6.45, 7) is 1.56. The summed E-state index contributed by atoms with van der Waals surface area (Å²) in [5, 5.41) is 5.46. The Morgan fingerprint density at radius 2 is 1.92 bits per heavy atom. The molecule has 7 nitrogen and oxygen atoms in total. The van der Waals surface area contributed by atoms with Crippen LogP contribution in [0.5, 0.6) is 0 Å². The number of nitrogens with one attached hydrogen (secondary N) is 2. The molecule has 1 aromatic carbocycles. The van der Waals surface area contributed by atoms with E-state index in [0.717, 1.165) is 0 Å². The summed E-state index contributed by atoms with van der Waals surface area (Å²) >= 11 is 11.8. The van der Waals surface area contributed by atoms with Crippen molar-refractivity contribution in [3.05, 3.63) is 57.5 Å². The molecular weight excluding hydrogens is 369 g/mol. The number of rotatable bonds is 6. The SMILES string of the molecule is CC(NC(=O)c1cccc(Cl)c1Cl)C(=O)NCc1ccc(C(N)=O)o1. The molecule has 0 aliphatic heterocycles. The quantitative estimate of drug-likeness (QED) is 0.708. The fourth-order valence-corrected chi connectivity index (χ4v) is 2.34. The van der Waals surface area contributed by atoms with E-state index in [0.29, 0.717) is 5.76 Å². The van der Waals surface area contributed by atoms with E-state index in [1.807, 2.05) is 0 Å². The highest BCUT2D eigenvalue weighted by molar-refractivity contribution is 6.43. The lowest BCUT2D eigenvalue weighted by atomic mass is 10.2. The van der Waals surface area contributed by atoms with Crippen molar-refractivity contribution >= 4 is 40.9 Å². The third-order valence-corrected chi connectivity index (χ3v) is 4.10. The first-order valence-electron chi connectivity index (χ1n) is 7.20. The molecule has 0 saturated heterocycles. The number of carbonyl (C=O) groups is 3. The average molecular weight is 384 g/mol. The molecule has 0 aliphatic carbocycles. The van der Waals surface area contributed by atoms with Crippen molar-refractivity contribution in [2.75, 3.05) is 0 Å². The minimum absolute atomic E-state index is 0.00111. The molecule has 1 unspecified atom stereocenters. The zero-order valence-corrected chi connectivity index (χ0v) is 14.6. The van der Waals surface area contributed by atoms with E-state index in [9.17, 15) is 14.4 Å². The highest BCUT2D eigenvalue weighted by Gasteiger charge is 2.19. The van der Waals surface area contributed by atoms with Crippen molar-refractivity contribution < 1.29 is 18.8 Å². The second kappa shape index (κ2) is 8.04. The lowest BCUT2D eigenvalue weighted by Gasteiger charge is -2.14. The maximum absolute atomic E-state index is 12.2. The van der Waals surface area contributed by atoms with Gasteiger partial charge in [-0.15, -0.1) is 0 Å². The highest BCUT2D eigenvalue weighted by Crippen LogP contribution is 2.25. The minimum atomic E-state index is -0.826. The molecule has 132 valence electrons. The Labute approximate surface area is 153 Å². The molecule has 1 atom stereocenters. The number of nitrogens with two attached hydrogens (primary N) is 1. The van der Waals surface area contributed by atoms with Gasteiger partial charge in [-0.25, -0.2) is 0 Å². The predicted molar refractivity (Wildman–Crippen MR) is 92.5 cm³/mol. The van der Waals surface area contributed by atoms with Crippen molar-refractivity contribution in [3.63, 3.8) is 0 Å². The summed E-state index contributed by atoms with van der Waals surface area (Å²) < 4.78 is 5.15. The molecule has 9 heteroatoms. The molecule has 3 amide bonds. The Bertz CT molecular complexity index is 819. The van der Waals surface area contributed by atoms with Gasteiger partial charge in [-0.05, 0) is 31.2 Å². The first-order chi connectivity index (χ1) is 11.8. The van der Waals surface area contributed by atoms with Gasteiger partial charge in [-0.3, -0.25) is 14.4 Å². The lowest BCUT2D eigenvalue weighted by Crippen LogP contribution is -2.44. The van der Waals surface area contributed by atoms with Gasteiger partial charge < -0.3 is 20.8 Å². The van der Waals surface area contributed by atoms with Crippen LogP contribution in [0.2, 0.25) is 10.0 Å². The van der Waals surface area contributed by atoms with E-state index in [1.54, 1.807) is 12.1 Å². The van der Waals surface area contributed by atoms with Crippen LogP contribution in [0.3, 0.4) is 0 Å². The zero-order valence-electron chi connectivity index (χ0n) is 13.1. The summed E-state index contributed by atoms with van der Waals surface area (Å²) in [5.74, 6) is -1.30. The van der Waals surface area contributed by atoms with Crippen molar-refractivity contribution in [1.29, 1.82) is 0 Å². The molecule has 0 aliphatic rings. The highest BCUT2D eigenvalue weighted by atomic mass is 35.5. The van der Waals surface area contributed by atoms with Crippen LogP contribution in [0.15, 0.2) is 34.7 Å². The molecule has 0 fully saturated rings. The van der Waals surface area contributed by atoms with E-state index in [2.05, 4.69) is 10.6 Å². The number of amides is 3. The second-order valence-electron chi connectivity index (χ2n) is 5.14. The summed E-state index contributed by atoms with van der Waals surface area (Å²) in [5.41, 5.74) is 5.25. The molecule has 25 heavy (non-hydrogen) atoms. The number of hydrogen-bond acceptors (Lipinski definition) is 4. The van der Waals surface area contributed by atoms with E-state index in [1.165, 1.54) is 25.1 Å². The first-order valence-corrected chi connectivity index (χ1v) is 7.96. The molecule has 1 heterocycles. The van der Waals surface area contributed by atoms with Gasteiger partial charge in [-0.2, -0.15) is 0 Å². The second-order valence-corrected chi connectivity index (χ2v) is 5.93. The number of benzene rings is 1. The van der Waals surface area contributed by atoms with Crippen molar-refractivity contribution in [3.8, 4) is 0 Å². The Balaban J connectivity index is 1.92. The average Bonchev–Trinajstić information content (AvgIpc) is 3.04. The minimum Gasteiger partial charge on any atom is -0.454 e. The molecule has 0 bridgehead atoms. The van der Waals surface area contributed by atoms with Gasteiger partial charge in [0.1, 0.15) is 11.8 Å². The Kier molecular flexibility index (Phi) is 6.06. The van der Waals surface area contributed by atoms with Crippen LogP contribution in [0.25, 0.3) is 0 Å². The molecule has 0 saturated carbocycles. The van der Waals surface area contributed by atoms with Crippen LogP contribution < -0.4 is 16.4 Å². The maximum Gasteiger partial charge on any atom is 0.284 e. The Morgan fingerprint density at radius 3 is 2.56 bits per heavy atom. The Hall–Kier alpha value is -2.51. The molecule has 2 rings (SSSR count). The lowest BCUT2D eigenvalue weighted by molar-refractivity contribution is -0.122. The molecule has 0 spiro atoms. The van der Waals surface area contributed by atoms with Crippen LogP contribution in [0.1, 0.15) is 33.6 Å². The molecule has 2 aromatic rings. The van der Waals surface area contributed by atoms with Gasteiger partial charge >= 0.3 is 0 Å². The van der Waals surface area contributed by atoms with Crippen LogP contribution in [-0.2, 0) is 11.3 Å². The van der Waals surface area contributed by atoms with Gasteiger partial charge in [0, 0.05) is 0 Å². The van der Waals surface area contributed by atoms with Crippen molar-refractivity contribution in [2.45, 2.75) is 19.5 Å². The number of halogens is 2. The zero-order chi connectivity index (χ0) is 18.6. The van der Waals surface area contributed by atoms with Gasteiger partial charge in [0.05, 0.1) is 22.2 Å². The normalized spacial score (nSPS) is 11.6. The monoisotopic (exact) mass is 383 g/mol. The summed E-state index contributed by atoms with van der Waals surface area (Å²) in [4.78, 5) is 35.2. The topological polar surface area (TPSA) is 114 Å². The summed E-state index contributed by atoms with van der Waals surface area (Å²) in [7, 11) is 0. The summed E-state index contributed by atoms with van der Waals surface area (Å²) in [6, 6.07) is 6.75. The maximum atomic E-state index is 12.2. The fraction of sp³-hybridized carbons (Fsp3) is 0.188. The van der Waals surface area contributed by atoms with E-state index >= 15 is 0 Å². The molecule has 1 aromatic heterocycles. The molecular formula is C16H15Cl2N3O4. The van der Waals surface area contributed by atoms with E-state index in [-0.39, 0.29) is 27.9 Å². The standard InChI is InChI=1S/C16H15Cl2N3O4/c1-8(21-16(24)10-3-2-4-11(17)13(10)18)15(23)20-7-9-5-6-12(25-9)14(19)22/h2-6,8H,7H2,1H3,(H2,19,22)(H,20,23)(H,21,24). The fourth-order valence-electron chi connectivity index (χ4n) is 1.95. The van der Waals surface area contributed by atoms with Gasteiger partial charge in [0.15, 0.2) is 5.76 Å². The molecule has 0 radical (unpaired) electrons. The first kappa shape index (κ1) is 18.8. The summed E-state index contributed by atoms with van der Waals surface area (Å²) in [6.07, 6.45) is 0. The van der Waals surface area contributed by atoms with Gasteiger partial charge in [0.2, 0.25) is 5.91 Å². The smallest absolute Gasteiger partial charge is 0.284 e. The van der Waals surface area contributed by atoms with Gasteiger partial charge in [-0.1, -0.05) is 29.3 Å². The van der Waals surface area contributed by atoms with Crippen molar-refractivity contribution in [2.24, 2.45) is 5.73 Å².